The van der Waals surface area contributed by atoms with Crippen molar-refractivity contribution in [3.8, 4) is 22.9 Å². The van der Waals surface area contributed by atoms with E-state index in [4.69, 9.17) is 26.1 Å². The first kappa shape index (κ1) is 21.9. The zero-order chi connectivity index (χ0) is 22.9. The summed E-state index contributed by atoms with van der Waals surface area (Å²) in [6.07, 6.45) is 4.19. The quantitative estimate of drug-likeness (QED) is 0.349. The minimum atomic E-state index is -0.304. The standard InChI is InChI=1S/C25H22ClFN2O3S/c1-2-31-19-12-15(11-18(26)22(19)32-13-14-7-9-16(27)10-8-14)23-28-24(30)21-17-5-3-4-6-20(17)33-25(21)29-23/h7-12H,2-6,13H2,1H3,(H,28,29,30). The summed E-state index contributed by atoms with van der Waals surface area (Å²) in [7, 11) is 0. The highest BCUT2D eigenvalue weighted by Gasteiger charge is 2.21. The van der Waals surface area contributed by atoms with Crippen LogP contribution in [0, 0.1) is 5.82 Å². The number of benzene rings is 2. The van der Waals surface area contributed by atoms with E-state index in [1.54, 1.807) is 35.6 Å². The van der Waals surface area contributed by atoms with E-state index in [-0.39, 0.29) is 18.0 Å². The van der Waals surface area contributed by atoms with Crippen molar-refractivity contribution in [1.82, 2.24) is 9.97 Å². The fourth-order valence-electron chi connectivity index (χ4n) is 4.14. The Balaban J connectivity index is 1.51. The van der Waals surface area contributed by atoms with E-state index in [2.05, 4.69) is 4.98 Å². The Bertz CT molecular complexity index is 1380. The molecular formula is C25H22ClFN2O3S. The number of aryl methyl sites for hydroxylation is 2. The largest absolute Gasteiger partial charge is 0.490 e. The number of nitrogens with zero attached hydrogens (tertiary/aromatic N) is 1. The second kappa shape index (κ2) is 9.15. The summed E-state index contributed by atoms with van der Waals surface area (Å²) >= 11 is 8.17. The highest BCUT2D eigenvalue weighted by molar-refractivity contribution is 7.18. The van der Waals surface area contributed by atoms with E-state index in [0.29, 0.717) is 39.9 Å². The number of nitrogens with one attached hydrogen (secondary N) is 1. The number of aromatic nitrogens is 2. The molecule has 2 aromatic heterocycles. The first-order valence-corrected chi connectivity index (χ1v) is 12.1. The van der Waals surface area contributed by atoms with Gasteiger partial charge in [0.15, 0.2) is 11.5 Å². The number of fused-ring (bicyclic) bond motifs is 3. The fraction of sp³-hybridized carbons (Fsp3) is 0.280. The van der Waals surface area contributed by atoms with Crippen LogP contribution in [0.2, 0.25) is 5.02 Å². The molecule has 5 rings (SSSR count). The van der Waals surface area contributed by atoms with Crippen molar-refractivity contribution in [2.24, 2.45) is 0 Å². The van der Waals surface area contributed by atoms with Gasteiger partial charge >= 0.3 is 0 Å². The number of ether oxygens (including phenoxy) is 2. The number of hydrogen-bond donors (Lipinski definition) is 1. The van der Waals surface area contributed by atoms with Gasteiger partial charge in [0.05, 0.1) is 17.0 Å². The van der Waals surface area contributed by atoms with Gasteiger partial charge in [-0.1, -0.05) is 23.7 Å². The number of thiophene rings is 1. The Morgan fingerprint density at radius 1 is 1.15 bits per heavy atom. The maximum absolute atomic E-state index is 13.2. The second-order valence-corrected chi connectivity index (χ2v) is 9.43. The van der Waals surface area contributed by atoms with Gasteiger partial charge in [0.1, 0.15) is 23.1 Å². The molecule has 33 heavy (non-hydrogen) atoms. The van der Waals surface area contributed by atoms with Crippen LogP contribution in [0.4, 0.5) is 4.39 Å². The number of hydrogen-bond acceptors (Lipinski definition) is 5. The van der Waals surface area contributed by atoms with Crippen LogP contribution in [0.3, 0.4) is 0 Å². The van der Waals surface area contributed by atoms with Crippen LogP contribution >= 0.6 is 22.9 Å². The van der Waals surface area contributed by atoms with Crippen LogP contribution in [-0.2, 0) is 19.4 Å². The number of halogens is 2. The lowest BCUT2D eigenvalue weighted by molar-refractivity contribution is 0.269. The lowest BCUT2D eigenvalue weighted by Gasteiger charge is -2.15. The molecule has 2 heterocycles. The molecule has 1 N–H and O–H groups in total. The third kappa shape index (κ3) is 4.35. The highest BCUT2D eigenvalue weighted by atomic mass is 35.5. The molecule has 1 aliphatic rings. The van der Waals surface area contributed by atoms with E-state index in [9.17, 15) is 9.18 Å². The Hall–Kier alpha value is -2.90. The van der Waals surface area contributed by atoms with E-state index < -0.39 is 0 Å². The summed E-state index contributed by atoms with van der Waals surface area (Å²) < 4.78 is 24.9. The summed E-state index contributed by atoms with van der Waals surface area (Å²) in [6, 6.07) is 9.56. The average Bonchev–Trinajstić information content (AvgIpc) is 3.19. The minimum absolute atomic E-state index is 0.125. The molecule has 0 radical (unpaired) electrons. The molecule has 0 bridgehead atoms. The fourth-order valence-corrected chi connectivity index (χ4v) is 5.67. The maximum atomic E-state index is 13.2. The van der Waals surface area contributed by atoms with Crippen molar-refractivity contribution >= 4 is 33.2 Å². The van der Waals surface area contributed by atoms with Crippen LogP contribution in [0.5, 0.6) is 11.5 Å². The molecule has 5 nitrogen and oxygen atoms in total. The molecule has 0 unspecified atom stereocenters. The lowest BCUT2D eigenvalue weighted by Crippen LogP contribution is -2.11. The van der Waals surface area contributed by atoms with Crippen molar-refractivity contribution in [1.29, 1.82) is 0 Å². The van der Waals surface area contributed by atoms with Crippen molar-refractivity contribution in [3.05, 3.63) is 73.6 Å². The second-order valence-electron chi connectivity index (χ2n) is 7.94. The van der Waals surface area contributed by atoms with Gasteiger partial charge in [0, 0.05) is 10.4 Å². The molecule has 0 saturated heterocycles. The van der Waals surface area contributed by atoms with Gasteiger partial charge in [0.25, 0.3) is 5.56 Å². The SMILES string of the molecule is CCOc1cc(-c2nc3sc4c(c3c(=O)[nH]2)CCCC4)cc(Cl)c1OCc1ccc(F)cc1. The predicted molar refractivity (Wildman–Crippen MR) is 129 cm³/mol. The molecule has 0 atom stereocenters. The molecule has 0 aliphatic heterocycles. The van der Waals surface area contributed by atoms with Gasteiger partial charge in [0.2, 0.25) is 0 Å². The van der Waals surface area contributed by atoms with Crippen molar-refractivity contribution in [2.75, 3.05) is 6.61 Å². The molecule has 170 valence electrons. The van der Waals surface area contributed by atoms with Gasteiger partial charge in [-0.05, 0) is 68.0 Å². The van der Waals surface area contributed by atoms with Crippen LogP contribution in [0.25, 0.3) is 21.6 Å². The molecule has 0 fully saturated rings. The van der Waals surface area contributed by atoms with Gasteiger partial charge < -0.3 is 14.5 Å². The van der Waals surface area contributed by atoms with E-state index >= 15 is 0 Å². The molecule has 0 amide bonds. The van der Waals surface area contributed by atoms with Gasteiger partial charge in [-0.25, -0.2) is 9.37 Å². The zero-order valence-corrected chi connectivity index (χ0v) is 19.6. The van der Waals surface area contributed by atoms with E-state index in [1.807, 2.05) is 6.92 Å². The number of H-pyrrole nitrogens is 1. The Kier molecular flexibility index (Phi) is 6.08. The van der Waals surface area contributed by atoms with Gasteiger partial charge in [-0.15, -0.1) is 11.3 Å². The predicted octanol–water partition coefficient (Wildman–Crippen LogP) is 6.30. The summed E-state index contributed by atoms with van der Waals surface area (Å²) in [5.41, 5.74) is 2.47. The number of aromatic amines is 1. The molecule has 2 aromatic carbocycles. The van der Waals surface area contributed by atoms with Crippen molar-refractivity contribution in [3.63, 3.8) is 0 Å². The monoisotopic (exact) mass is 484 g/mol. The van der Waals surface area contributed by atoms with Crippen LogP contribution in [0.15, 0.2) is 41.2 Å². The van der Waals surface area contributed by atoms with Gasteiger partial charge in [-0.2, -0.15) is 0 Å². The molecule has 4 aromatic rings. The average molecular weight is 485 g/mol. The molecule has 0 spiro atoms. The molecule has 1 aliphatic carbocycles. The third-order valence-electron chi connectivity index (χ3n) is 5.70. The van der Waals surface area contributed by atoms with Gasteiger partial charge in [-0.3, -0.25) is 4.79 Å². The van der Waals surface area contributed by atoms with Crippen LogP contribution < -0.4 is 15.0 Å². The summed E-state index contributed by atoms with van der Waals surface area (Å²) in [6.45, 7) is 2.49. The van der Waals surface area contributed by atoms with Crippen molar-refractivity contribution in [2.45, 2.75) is 39.2 Å². The van der Waals surface area contributed by atoms with Crippen LogP contribution in [0.1, 0.15) is 35.8 Å². The highest BCUT2D eigenvalue weighted by Crippen LogP contribution is 2.40. The lowest BCUT2D eigenvalue weighted by atomic mass is 9.97. The first-order chi connectivity index (χ1) is 16.0. The van der Waals surface area contributed by atoms with E-state index in [0.717, 1.165) is 41.6 Å². The molecule has 0 saturated carbocycles. The summed E-state index contributed by atoms with van der Waals surface area (Å²) in [5.74, 6) is 0.983. The summed E-state index contributed by atoms with van der Waals surface area (Å²) in [5, 5.41) is 1.06. The smallest absolute Gasteiger partial charge is 0.260 e. The first-order valence-electron chi connectivity index (χ1n) is 10.9. The van der Waals surface area contributed by atoms with Crippen LogP contribution in [-0.4, -0.2) is 16.6 Å². The van der Waals surface area contributed by atoms with E-state index in [1.165, 1.54) is 17.0 Å². The molecule has 8 heteroatoms. The Morgan fingerprint density at radius 2 is 1.94 bits per heavy atom. The number of rotatable bonds is 6. The minimum Gasteiger partial charge on any atom is -0.490 e. The third-order valence-corrected chi connectivity index (χ3v) is 7.17. The maximum Gasteiger partial charge on any atom is 0.260 e. The van der Waals surface area contributed by atoms with Crippen molar-refractivity contribution < 1.29 is 13.9 Å². The summed E-state index contributed by atoms with van der Waals surface area (Å²) in [4.78, 5) is 22.7. The topological polar surface area (TPSA) is 64.2 Å². The zero-order valence-electron chi connectivity index (χ0n) is 18.0. The normalized spacial score (nSPS) is 13.2. The molecular weight excluding hydrogens is 463 g/mol. The Labute approximate surface area is 199 Å². The Morgan fingerprint density at radius 3 is 2.73 bits per heavy atom.